The minimum absolute atomic E-state index is 0.183. The fraction of sp³-hybridized carbons (Fsp3) is 0.158. The third kappa shape index (κ3) is 4.18. The van der Waals surface area contributed by atoms with Crippen LogP contribution in [0.3, 0.4) is 0 Å². The molecule has 7 heteroatoms. The van der Waals surface area contributed by atoms with Gasteiger partial charge in [-0.3, -0.25) is 4.79 Å². The number of benzene rings is 2. The predicted molar refractivity (Wildman–Crippen MR) is 99.4 cm³/mol. The molecule has 1 heterocycles. The molecule has 5 nitrogen and oxygen atoms in total. The molecule has 1 N–H and O–H groups in total. The van der Waals surface area contributed by atoms with Crippen LogP contribution in [-0.4, -0.2) is 25.1 Å². The van der Waals surface area contributed by atoms with Crippen LogP contribution in [0.15, 0.2) is 47.8 Å². The molecule has 134 valence electrons. The van der Waals surface area contributed by atoms with Gasteiger partial charge in [0.25, 0.3) is 0 Å². The Morgan fingerprint density at radius 2 is 1.85 bits per heavy atom. The first-order valence-electron chi connectivity index (χ1n) is 7.81. The van der Waals surface area contributed by atoms with E-state index in [9.17, 15) is 9.18 Å². The number of anilines is 1. The standard InChI is InChI=1S/C19H17FN2O3S/c1-24-16-8-3-12(9-17(16)25-2)10-18(23)22-19-21-15(11-26-19)13-4-6-14(20)7-5-13/h3-9,11H,10H2,1-2H3,(H,21,22,23). The Morgan fingerprint density at radius 1 is 1.12 bits per heavy atom. The number of hydrogen-bond donors (Lipinski definition) is 1. The van der Waals surface area contributed by atoms with Crippen LogP contribution in [0.5, 0.6) is 11.5 Å². The van der Waals surface area contributed by atoms with Gasteiger partial charge < -0.3 is 14.8 Å². The van der Waals surface area contributed by atoms with Crippen molar-refractivity contribution in [1.82, 2.24) is 4.98 Å². The second-order valence-corrected chi connectivity index (χ2v) is 6.32. The zero-order valence-electron chi connectivity index (χ0n) is 14.3. The smallest absolute Gasteiger partial charge is 0.230 e. The van der Waals surface area contributed by atoms with E-state index < -0.39 is 0 Å². The number of hydrogen-bond acceptors (Lipinski definition) is 5. The van der Waals surface area contributed by atoms with E-state index in [2.05, 4.69) is 10.3 Å². The van der Waals surface area contributed by atoms with Gasteiger partial charge in [0, 0.05) is 10.9 Å². The Labute approximate surface area is 154 Å². The molecule has 0 bridgehead atoms. The van der Waals surface area contributed by atoms with Crippen LogP contribution in [0.4, 0.5) is 9.52 Å². The molecule has 0 saturated carbocycles. The van der Waals surface area contributed by atoms with Gasteiger partial charge in [0.1, 0.15) is 5.82 Å². The summed E-state index contributed by atoms with van der Waals surface area (Å²) in [4.78, 5) is 16.6. The second kappa shape index (κ2) is 7.97. The summed E-state index contributed by atoms with van der Waals surface area (Å²) in [6.45, 7) is 0. The first-order valence-corrected chi connectivity index (χ1v) is 8.69. The van der Waals surface area contributed by atoms with Gasteiger partial charge >= 0.3 is 0 Å². The molecule has 0 aliphatic heterocycles. The average molecular weight is 372 g/mol. The maximum Gasteiger partial charge on any atom is 0.230 e. The number of halogens is 1. The van der Waals surface area contributed by atoms with Crippen LogP contribution in [0.1, 0.15) is 5.56 Å². The zero-order valence-corrected chi connectivity index (χ0v) is 15.1. The molecule has 0 aliphatic carbocycles. The van der Waals surface area contributed by atoms with E-state index in [0.717, 1.165) is 11.1 Å². The van der Waals surface area contributed by atoms with Crippen molar-refractivity contribution in [1.29, 1.82) is 0 Å². The van der Waals surface area contributed by atoms with Gasteiger partial charge in [0.15, 0.2) is 16.6 Å². The van der Waals surface area contributed by atoms with E-state index in [0.29, 0.717) is 22.3 Å². The first-order chi connectivity index (χ1) is 12.6. The van der Waals surface area contributed by atoms with Crippen molar-refractivity contribution in [3.8, 4) is 22.8 Å². The van der Waals surface area contributed by atoms with Crippen molar-refractivity contribution >= 4 is 22.4 Å². The van der Waals surface area contributed by atoms with Crippen molar-refractivity contribution < 1.29 is 18.7 Å². The fourth-order valence-corrected chi connectivity index (χ4v) is 3.16. The summed E-state index contributed by atoms with van der Waals surface area (Å²) in [5.74, 6) is 0.704. The van der Waals surface area contributed by atoms with Gasteiger partial charge in [-0.2, -0.15) is 0 Å². The van der Waals surface area contributed by atoms with Crippen molar-refractivity contribution in [3.63, 3.8) is 0 Å². The van der Waals surface area contributed by atoms with E-state index in [1.54, 1.807) is 38.5 Å². The topological polar surface area (TPSA) is 60.5 Å². The minimum Gasteiger partial charge on any atom is -0.493 e. The third-order valence-electron chi connectivity index (χ3n) is 3.70. The molecule has 3 aromatic rings. The highest BCUT2D eigenvalue weighted by Crippen LogP contribution is 2.28. The van der Waals surface area contributed by atoms with Crippen LogP contribution in [0.25, 0.3) is 11.3 Å². The second-order valence-electron chi connectivity index (χ2n) is 5.46. The summed E-state index contributed by atoms with van der Waals surface area (Å²) >= 11 is 1.32. The van der Waals surface area contributed by atoms with E-state index in [1.807, 2.05) is 11.4 Å². The van der Waals surface area contributed by atoms with Gasteiger partial charge in [-0.25, -0.2) is 9.37 Å². The molecular formula is C19H17FN2O3S. The molecule has 0 spiro atoms. The monoisotopic (exact) mass is 372 g/mol. The number of carbonyl (C=O) groups is 1. The SMILES string of the molecule is COc1ccc(CC(=O)Nc2nc(-c3ccc(F)cc3)cs2)cc1OC. The lowest BCUT2D eigenvalue weighted by Gasteiger charge is -2.09. The van der Waals surface area contributed by atoms with Crippen LogP contribution in [-0.2, 0) is 11.2 Å². The molecule has 0 aliphatic rings. The van der Waals surface area contributed by atoms with Crippen molar-refractivity contribution in [2.45, 2.75) is 6.42 Å². The number of ether oxygens (including phenoxy) is 2. The Bertz CT molecular complexity index is 909. The Balaban J connectivity index is 1.66. The number of carbonyl (C=O) groups excluding carboxylic acids is 1. The number of nitrogens with zero attached hydrogens (tertiary/aromatic N) is 1. The highest BCUT2D eigenvalue weighted by atomic mass is 32.1. The van der Waals surface area contributed by atoms with Crippen LogP contribution in [0, 0.1) is 5.82 Å². The average Bonchev–Trinajstić information content (AvgIpc) is 3.10. The Hall–Kier alpha value is -2.93. The molecule has 0 atom stereocenters. The third-order valence-corrected chi connectivity index (χ3v) is 4.46. The van der Waals surface area contributed by atoms with E-state index in [4.69, 9.17) is 9.47 Å². The molecule has 1 amide bonds. The van der Waals surface area contributed by atoms with E-state index >= 15 is 0 Å². The van der Waals surface area contributed by atoms with Gasteiger partial charge in [-0.05, 0) is 42.0 Å². The lowest BCUT2D eigenvalue weighted by atomic mass is 10.1. The van der Waals surface area contributed by atoms with Crippen LogP contribution >= 0.6 is 11.3 Å². The normalized spacial score (nSPS) is 10.4. The zero-order chi connectivity index (χ0) is 18.5. The van der Waals surface area contributed by atoms with Gasteiger partial charge in [0.05, 0.1) is 26.3 Å². The van der Waals surface area contributed by atoms with Crippen LogP contribution in [0.2, 0.25) is 0 Å². The highest BCUT2D eigenvalue weighted by Gasteiger charge is 2.11. The molecular weight excluding hydrogens is 355 g/mol. The Kier molecular flexibility index (Phi) is 5.48. The minimum atomic E-state index is -0.299. The molecule has 3 rings (SSSR count). The highest BCUT2D eigenvalue weighted by molar-refractivity contribution is 7.14. The number of methoxy groups -OCH3 is 2. The molecule has 0 saturated heterocycles. The summed E-state index contributed by atoms with van der Waals surface area (Å²) in [5, 5.41) is 5.09. The number of amides is 1. The van der Waals surface area contributed by atoms with Crippen molar-refractivity contribution in [2.24, 2.45) is 0 Å². The fourth-order valence-electron chi connectivity index (χ4n) is 2.42. The summed E-state index contributed by atoms with van der Waals surface area (Å²) in [6, 6.07) is 11.4. The quantitative estimate of drug-likeness (QED) is 0.706. The lowest BCUT2D eigenvalue weighted by Crippen LogP contribution is -2.14. The number of rotatable bonds is 6. The molecule has 1 aromatic heterocycles. The largest absolute Gasteiger partial charge is 0.493 e. The maximum atomic E-state index is 13.0. The first kappa shape index (κ1) is 17.9. The molecule has 26 heavy (non-hydrogen) atoms. The van der Waals surface area contributed by atoms with Crippen molar-refractivity contribution in [2.75, 3.05) is 19.5 Å². The summed E-state index contributed by atoms with van der Waals surface area (Å²) in [5.41, 5.74) is 2.29. The molecule has 0 unspecified atom stereocenters. The summed E-state index contributed by atoms with van der Waals surface area (Å²) in [7, 11) is 3.11. The van der Waals surface area contributed by atoms with Crippen LogP contribution < -0.4 is 14.8 Å². The summed E-state index contributed by atoms with van der Waals surface area (Å²) in [6.07, 6.45) is 0.186. The number of nitrogens with one attached hydrogen (secondary N) is 1. The summed E-state index contributed by atoms with van der Waals surface area (Å²) < 4.78 is 23.4. The van der Waals surface area contributed by atoms with E-state index in [-0.39, 0.29) is 18.1 Å². The molecule has 2 aromatic carbocycles. The molecule has 0 radical (unpaired) electrons. The van der Waals surface area contributed by atoms with Gasteiger partial charge in [-0.1, -0.05) is 6.07 Å². The number of thiazole rings is 1. The number of aromatic nitrogens is 1. The van der Waals surface area contributed by atoms with E-state index in [1.165, 1.54) is 23.5 Å². The molecule has 0 fully saturated rings. The maximum absolute atomic E-state index is 13.0. The predicted octanol–water partition coefficient (Wildman–Crippen LogP) is 4.15. The lowest BCUT2D eigenvalue weighted by molar-refractivity contribution is -0.115. The van der Waals surface area contributed by atoms with Gasteiger partial charge in [-0.15, -0.1) is 11.3 Å². The Morgan fingerprint density at radius 3 is 2.54 bits per heavy atom. The van der Waals surface area contributed by atoms with Crippen molar-refractivity contribution in [3.05, 3.63) is 59.2 Å². The van der Waals surface area contributed by atoms with Gasteiger partial charge in [0.2, 0.25) is 5.91 Å².